The van der Waals surface area contributed by atoms with Crippen molar-refractivity contribution in [3.8, 4) is 0 Å². The number of hydrogen-bond donors (Lipinski definition) is 5. The number of carbonyl (C=O) groups is 3. The maximum absolute atomic E-state index is 11.8. The second kappa shape index (κ2) is 11.3. The maximum Gasteiger partial charge on any atom is 0.253 e. The number of ether oxygens (including phenoxy) is 2. The minimum absolute atomic E-state index is 0.000609. The van der Waals surface area contributed by atoms with E-state index in [-0.39, 0.29) is 37.3 Å². The quantitative estimate of drug-likeness (QED) is 0.179. The van der Waals surface area contributed by atoms with Gasteiger partial charge in [-0.1, -0.05) is 6.42 Å². The Labute approximate surface area is 167 Å². The van der Waals surface area contributed by atoms with E-state index in [1.165, 1.54) is 12.2 Å². The van der Waals surface area contributed by atoms with Crippen LogP contribution in [0.1, 0.15) is 25.7 Å². The van der Waals surface area contributed by atoms with Crippen molar-refractivity contribution in [2.24, 2.45) is 0 Å². The molecule has 0 saturated carbocycles. The summed E-state index contributed by atoms with van der Waals surface area (Å²) in [4.78, 5) is 35.7. The van der Waals surface area contributed by atoms with Gasteiger partial charge in [-0.05, 0) is 12.8 Å². The van der Waals surface area contributed by atoms with Crippen molar-refractivity contribution in [2.45, 2.75) is 56.4 Å². The Balaban J connectivity index is 1.53. The van der Waals surface area contributed by atoms with E-state index in [2.05, 4.69) is 5.32 Å². The van der Waals surface area contributed by atoms with Gasteiger partial charge in [0, 0.05) is 31.7 Å². The van der Waals surface area contributed by atoms with Crippen LogP contribution in [0.15, 0.2) is 12.2 Å². The minimum Gasteiger partial charge on any atom is -0.394 e. The van der Waals surface area contributed by atoms with Crippen molar-refractivity contribution >= 4 is 17.7 Å². The summed E-state index contributed by atoms with van der Waals surface area (Å²) in [6.45, 7) is -0.0612. The number of unbranched alkanes of at least 4 members (excludes halogenated alkanes) is 2. The van der Waals surface area contributed by atoms with Gasteiger partial charge in [-0.25, -0.2) is 0 Å². The van der Waals surface area contributed by atoms with Gasteiger partial charge in [0.2, 0.25) is 5.91 Å². The zero-order valence-corrected chi connectivity index (χ0v) is 16.0. The largest absolute Gasteiger partial charge is 0.394 e. The first kappa shape index (κ1) is 23.4. The van der Waals surface area contributed by atoms with Gasteiger partial charge in [0.05, 0.1) is 13.2 Å². The van der Waals surface area contributed by atoms with Gasteiger partial charge in [-0.3, -0.25) is 19.3 Å². The topological polar surface area (TPSA) is 166 Å². The van der Waals surface area contributed by atoms with E-state index in [0.717, 1.165) is 4.90 Å². The first-order valence-corrected chi connectivity index (χ1v) is 9.57. The Kier molecular flexibility index (Phi) is 9.14. The highest BCUT2D eigenvalue weighted by atomic mass is 16.7. The molecule has 0 aliphatic carbocycles. The molecule has 0 aromatic heterocycles. The Morgan fingerprint density at radius 2 is 1.76 bits per heavy atom. The molecule has 0 bridgehead atoms. The fourth-order valence-electron chi connectivity index (χ4n) is 3.04. The number of imide groups is 1. The second-order valence-corrected chi connectivity index (χ2v) is 6.89. The smallest absolute Gasteiger partial charge is 0.253 e. The van der Waals surface area contributed by atoms with Gasteiger partial charge >= 0.3 is 0 Å². The zero-order chi connectivity index (χ0) is 21.4. The van der Waals surface area contributed by atoms with Crippen molar-refractivity contribution in [3.63, 3.8) is 0 Å². The van der Waals surface area contributed by atoms with Gasteiger partial charge < -0.3 is 35.2 Å². The van der Waals surface area contributed by atoms with E-state index in [4.69, 9.17) is 14.6 Å². The molecule has 5 atom stereocenters. The number of nitrogens with zero attached hydrogens (tertiary/aromatic N) is 1. The van der Waals surface area contributed by atoms with Crippen LogP contribution in [0.25, 0.3) is 0 Å². The lowest BCUT2D eigenvalue weighted by atomic mass is 9.99. The summed E-state index contributed by atoms with van der Waals surface area (Å²) in [5.41, 5.74) is 0. The van der Waals surface area contributed by atoms with E-state index in [9.17, 15) is 29.7 Å². The first-order chi connectivity index (χ1) is 13.8. The third kappa shape index (κ3) is 6.56. The lowest BCUT2D eigenvalue weighted by molar-refractivity contribution is -0.300. The number of nitrogens with one attached hydrogen (secondary N) is 1. The molecule has 0 aromatic rings. The van der Waals surface area contributed by atoms with Crippen LogP contribution >= 0.6 is 0 Å². The molecule has 2 heterocycles. The molecule has 1 fully saturated rings. The molecule has 2 rings (SSSR count). The molecule has 11 heteroatoms. The van der Waals surface area contributed by atoms with Gasteiger partial charge in [0.1, 0.15) is 24.4 Å². The Hall–Kier alpha value is -1.89. The summed E-state index contributed by atoms with van der Waals surface area (Å²) in [5.74, 6) is -0.823. The molecule has 29 heavy (non-hydrogen) atoms. The molecule has 3 amide bonds. The third-order valence-electron chi connectivity index (χ3n) is 4.74. The van der Waals surface area contributed by atoms with E-state index in [1.54, 1.807) is 0 Å². The standard InChI is InChI=1S/C18H28N2O9/c21-10-11-15(25)16(26)17(27)18(29-11)28-9-7-19-12(22)4-2-1-3-8-20-13(23)5-6-14(20)24/h5-6,11,15-18,21,25-27H,1-4,7-10H2,(H,19,22)/t11-,15+,16+,17-,18+/m1/s1. The lowest BCUT2D eigenvalue weighted by Crippen LogP contribution is -2.59. The molecule has 0 radical (unpaired) electrons. The number of carbonyl (C=O) groups excluding carboxylic acids is 3. The third-order valence-corrected chi connectivity index (χ3v) is 4.74. The van der Waals surface area contributed by atoms with Crippen molar-refractivity contribution < 1.29 is 44.3 Å². The van der Waals surface area contributed by atoms with E-state index in [1.807, 2.05) is 0 Å². The predicted molar refractivity (Wildman–Crippen MR) is 97.1 cm³/mol. The van der Waals surface area contributed by atoms with Crippen LogP contribution in [0.3, 0.4) is 0 Å². The fourth-order valence-corrected chi connectivity index (χ4v) is 3.04. The molecule has 2 aliphatic rings. The van der Waals surface area contributed by atoms with Crippen molar-refractivity contribution in [3.05, 3.63) is 12.2 Å². The Morgan fingerprint density at radius 1 is 1.07 bits per heavy atom. The lowest BCUT2D eigenvalue weighted by Gasteiger charge is -2.39. The highest BCUT2D eigenvalue weighted by Crippen LogP contribution is 2.21. The van der Waals surface area contributed by atoms with Crippen LogP contribution in [0.5, 0.6) is 0 Å². The van der Waals surface area contributed by atoms with Crippen LogP contribution in [-0.4, -0.2) is 100 Å². The molecular formula is C18H28N2O9. The maximum atomic E-state index is 11.8. The van der Waals surface area contributed by atoms with Crippen molar-refractivity contribution in [1.29, 1.82) is 0 Å². The molecule has 2 aliphatic heterocycles. The average molecular weight is 416 g/mol. The Morgan fingerprint density at radius 3 is 2.41 bits per heavy atom. The molecular weight excluding hydrogens is 388 g/mol. The summed E-state index contributed by atoms with van der Waals surface area (Å²) in [6.07, 6.45) is -2.06. The molecule has 5 N–H and O–H groups in total. The van der Waals surface area contributed by atoms with Crippen LogP contribution in [-0.2, 0) is 23.9 Å². The summed E-state index contributed by atoms with van der Waals surface area (Å²) < 4.78 is 10.5. The monoisotopic (exact) mass is 416 g/mol. The van der Waals surface area contributed by atoms with Crippen LogP contribution in [0, 0.1) is 0 Å². The van der Waals surface area contributed by atoms with Gasteiger partial charge in [-0.15, -0.1) is 0 Å². The van der Waals surface area contributed by atoms with Gasteiger partial charge in [-0.2, -0.15) is 0 Å². The zero-order valence-electron chi connectivity index (χ0n) is 16.0. The summed E-state index contributed by atoms with van der Waals surface area (Å²) >= 11 is 0. The van der Waals surface area contributed by atoms with Crippen molar-refractivity contribution in [2.75, 3.05) is 26.3 Å². The van der Waals surface area contributed by atoms with Crippen LogP contribution in [0.4, 0.5) is 0 Å². The number of amides is 3. The first-order valence-electron chi connectivity index (χ1n) is 9.57. The second-order valence-electron chi connectivity index (χ2n) is 6.89. The van der Waals surface area contributed by atoms with Gasteiger partial charge in [0.15, 0.2) is 6.29 Å². The Bertz CT molecular complexity index is 592. The molecule has 0 aromatic carbocycles. The highest BCUT2D eigenvalue weighted by molar-refractivity contribution is 6.12. The van der Waals surface area contributed by atoms with Gasteiger partial charge in [0.25, 0.3) is 11.8 Å². The summed E-state index contributed by atoms with van der Waals surface area (Å²) in [7, 11) is 0. The number of aliphatic hydroxyl groups excluding tert-OH is 4. The highest BCUT2D eigenvalue weighted by Gasteiger charge is 2.43. The number of hydrogen-bond acceptors (Lipinski definition) is 9. The summed E-state index contributed by atoms with van der Waals surface area (Å²) in [6, 6.07) is 0. The normalized spacial score (nSPS) is 29.5. The fraction of sp³-hybridized carbons (Fsp3) is 0.722. The minimum atomic E-state index is -1.51. The van der Waals surface area contributed by atoms with Crippen molar-refractivity contribution in [1.82, 2.24) is 10.2 Å². The number of rotatable bonds is 11. The molecule has 0 spiro atoms. The summed E-state index contributed by atoms with van der Waals surface area (Å²) in [5, 5.41) is 40.9. The molecule has 11 nitrogen and oxygen atoms in total. The van der Waals surface area contributed by atoms with E-state index >= 15 is 0 Å². The van der Waals surface area contributed by atoms with Crippen LogP contribution in [0.2, 0.25) is 0 Å². The predicted octanol–water partition coefficient (Wildman–Crippen LogP) is -2.60. The molecule has 164 valence electrons. The van der Waals surface area contributed by atoms with E-state index < -0.39 is 37.3 Å². The van der Waals surface area contributed by atoms with E-state index in [0.29, 0.717) is 25.8 Å². The molecule has 0 unspecified atom stereocenters. The van der Waals surface area contributed by atoms with Crippen LogP contribution < -0.4 is 5.32 Å². The molecule has 1 saturated heterocycles. The number of aliphatic hydroxyl groups is 4. The average Bonchev–Trinajstić information content (AvgIpc) is 3.02. The SMILES string of the molecule is O=C(CCCCCN1C(=O)C=CC1=O)NCCO[C@H]1O[C@H](CO)[C@H](O)[C@H](O)[C@H]1O.